The van der Waals surface area contributed by atoms with E-state index in [1.165, 1.54) is 0 Å². The van der Waals surface area contributed by atoms with E-state index in [-0.39, 0.29) is 35.8 Å². The normalized spacial score (nSPS) is 8.57. The monoisotopic (exact) mass is 174 g/mol. The van der Waals surface area contributed by atoms with Crippen molar-refractivity contribution in [2.24, 2.45) is 0 Å². The molecule has 0 aromatic heterocycles. The van der Waals surface area contributed by atoms with Crippen molar-refractivity contribution in [1.82, 2.24) is 0 Å². The molecular formula is HBBrF4Li. The SMILES string of the molecule is Br.F[B-](F)(F)F.[Li+]. The first-order valence-corrected chi connectivity index (χ1v) is 0.873. The van der Waals surface area contributed by atoms with Crippen molar-refractivity contribution in [2.45, 2.75) is 0 Å². The molecule has 40 valence electrons. The Labute approximate surface area is 60.7 Å². The second-order valence-corrected chi connectivity index (χ2v) is 0.495. The molecule has 0 rings (SSSR count). The van der Waals surface area contributed by atoms with Crippen LogP contribution in [0.15, 0.2) is 0 Å². The van der Waals surface area contributed by atoms with E-state index in [0.29, 0.717) is 0 Å². The molecule has 0 amide bonds. The first-order chi connectivity index (χ1) is 2.00. The van der Waals surface area contributed by atoms with Gasteiger partial charge in [0.05, 0.1) is 0 Å². The van der Waals surface area contributed by atoms with Gasteiger partial charge in [0.2, 0.25) is 0 Å². The van der Waals surface area contributed by atoms with Crippen LogP contribution in [0.2, 0.25) is 0 Å². The van der Waals surface area contributed by atoms with E-state index in [2.05, 4.69) is 0 Å². The van der Waals surface area contributed by atoms with Crippen LogP contribution in [0, 0.1) is 0 Å². The zero-order chi connectivity index (χ0) is 4.50. The Bertz CT molecular complexity index is 27.2. The summed E-state index contributed by atoms with van der Waals surface area (Å²) in [7, 11) is -6.00. The van der Waals surface area contributed by atoms with Crippen molar-refractivity contribution in [3.05, 3.63) is 0 Å². The van der Waals surface area contributed by atoms with Crippen LogP contribution in [-0.4, -0.2) is 7.25 Å². The third-order valence-electron chi connectivity index (χ3n) is 0. The predicted molar refractivity (Wildman–Crippen MR) is 20.5 cm³/mol. The van der Waals surface area contributed by atoms with Gasteiger partial charge < -0.3 is 17.3 Å². The van der Waals surface area contributed by atoms with E-state index >= 15 is 0 Å². The molecule has 0 atom stereocenters. The fourth-order valence-electron chi connectivity index (χ4n) is 0. The van der Waals surface area contributed by atoms with Gasteiger partial charge in [-0.1, -0.05) is 0 Å². The molecule has 0 saturated carbocycles. The third-order valence-corrected chi connectivity index (χ3v) is 0. The van der Waals surface area contributed by atoms with Crippen LogP contribution in [0.25, 0.3) is 0 Å². The van der Waals surface area contributed by atoms with Crippen LogP contribution in [0.4, 0.5) is 17.3 Å². The summed E-state index contributed by atoms with van der Waals surface area (Å²) in [6.45, 7) is 0. The summed E-state index contributed by atoms with van der Waals surface area (Å²) in [6.07, 6.45) is 0. The largest absolute Gasteiger partial charge is 1.00 e. The van der Waals surface area contributed by atoms with Gasteiger partial charge >= 0.3 is 26.1 Å². The number of rotatable bonds is 0. The maximum absolute atomic E-state index is 9.75. The van der Waals surface area contributed by atoms with E-state index in [1.807, 2.05) is 0 Å². The van der Waals surface area contributed by atoms with Crippen molar-refractivity contribution in [3.63, 3.8) is 0 Å². The summed E-state index contributed by atoms with van der Waals surface area (Å²) in [5.74, 6) is 0. The molecule has 0 aromatic carbocycles. The van der Waals surface area contributed by atoms with Crippen LogP contribution in [-0.2, 0) is 0 Å². The molecule has 0 fully saturated rings. The fraction of sp³-hybridized carbons (Fsp3) is 0. The Morgan fingerprint density at radius 1 is 0.857 bits per heavy atom. The van der Waals surface area contributed by atoms with E-state index in [4.69, 9.17) is 0 Å². The summed E-state index contributed by atoms with van der Waals surface area (Å²) in [5.41, 5.74) is 0. The molecule has 0 aliphatic rings. The van der Waals surface area contributed by atoms with Gasteiger partial charge in [0.25, 0.3) is 0 Å². The van der Waals surface area contributed by atoms with Crippen molar-refractivity contribution in [1.29, 1.82) is 0 Å². The summed E-state index contributed by atoms with van der Waals surface area (Å²) >= 11 is 0. The summed E-state index contributed by atoms with van der Waals surface area (Å²) in [4.78, 5) is 0. The van der Waals surface area contributed by atoms with Gasteiger partial charge in [-0.05, 0) is 0 Å². The minimum atomic E-state index is -6.00. The van der Waals surface area contributed by atoms with Gasteiger partial charge in [-0.25, -0.2) is 0 Å². The van der Waals surface area contributed by atoms with Crippen molar-refractivity contribution >= 4 is 24.2 Å². The fourth-order valence-corrected chi connectivity index (χ4v) is 0. The molecule has 0 spiro atoms. The van der Waals surface area contributed by atoms with Crippen molar-refractivity contribution < 1.29 is 36.1 Å². The average Bonchev–Trinajstić information content (AvgIpc) is 0.722. The third kappa shape index (κ3) is 218. The second kappa shape index (κ2) is 5.01. The molecular weight excluding hydrogens is 174 g/mol. The van der Waals surface area contributed by atoms with E-state index < -0.39 is 7.25 Å². The maximum atomic E-state index is 9.75. The minimum Gasteiger partial charge on any atom is -0.418 e. The molecule has 0 heterocycles. The van der Waals surface area contributed by atoms with Crippen LogP contribution in [0.5, 0.6) is 0 Å². The Morgan fingerprint density at radius 2 is 0.857 bits per heavy atom. The number of hydrogen-bond acceptors (Lipinski definition) is 0. The van der Waals surface area contributed by atoms with Gasteiger partial charge in [0.1, 0.15) is 0 Å². The average molecular weight is 175 g/mol. The Kier molecular flexibility index (Phi) is 11.2. The number of halogens is 5. The summed E-state index contributed by atoms with van der Waals surface area (Å²) < 4.78 is 39.0. The molecule has 0 N–H and O–H groups in total. The smallest absolute Gasteiger partial charge is 0.418 e. The first-order valence-electron chi connectivity index (χ1n) is 0.873. The summed E-state index contributed by atoms with van der Waals surface area (Å²) in [5, 5.41) is 0. The Morgan fingerprint density at radius 3 is 0.857 bits per heavy atom. The topological polar surface area (TPSA) is 0 Å². The standard InChI is InChI=1S/BF4.BrH.Li/c2-1(3,4)5;;/h;1H;/q-1;;+1. The van der Waals surface area contributed by atoms with Gasteiger partial charge in [-0.15, -0.1) is 17.0 Å². The Hall–Kier alpha value is 0.862. The van der Waals surface area contributed by atoms with Crippen LogP contribution >= 0.6 is 17.0 Å². The summed E-state index contributed by atoms with van der Waals surface area (Å²) in [6, 6.07) is 0. The molecule has 0 saturated heterocycles. The zero-order valence-corrected chi connectivity index (χ0v) is 5.21. The van der Waals surface area contributed by atoms with Gasteiger partial charge in [-0.3, -0.25) is 0 Å². The van der Waals surface area contributed by atoms with Crippen LogP contribution in [0.3, 0.4) is 0 Å². The molecule has 0 bridgehead atoms. The molecule has 0 aliphatic heterocycles. The minimum absolute atomic E-state index is 0. The zero-order valence-electron chi connectivity index (χ0n) is 3.50. The first kappa shape index (κ1) is 15.7. The van der Waals surface area contributed by atoms with Crippen molar-refractivity contribution in [2.75, 3.05) is 0 Å². The van der Waals surface area contributed by atoms with Crippen molar-refractivity contribution in [3.8, 4) is 0 Å². The van der Waals surface area contributed by atoms with Gasteiger partial charge in [0.15, 0.2) is 0 Å². The predicted octanol–water partition coefficient (Wildman–Crippen LogP) is -1.12. The van der Waals surface area contributed by atoms with Gasteiger partial charge in [0, 0.05) is 0 Å². The van der Waals surface area contributed by atoms with Crippen LogP contribution < -0.4 is 18.9 Å². The molecule has 7 heteroatoms. The Balaban J connectivity index is -0.0000000800. The number of hydrogen-bond donors (Lipinski definition) is 0. The molecule has 0 aromatic rings. The molecule has 0 aliphatic carbocycles. The van der Waals surface area contributed by atoms with E-state index in [1.54, 1.807) is 0 Å². The second-order valence-electron chi connectivity index (χ2n) is 0.495. The molecule has 0 unspecified atom stereocenters. The van der Waals surface area contributed by atoms with Gasteiger partial charge in [-0.2, -0.15) is 0 Å². The van der Waals surface area contributed by atoms with E-state index in [0.717, 1.165) is 0 Å². The van der Waals surface area contributed by atoms with E-state index in [9.17, 15) is 17.3 Å². The quantitative estimate of drug-likeness (QED) is 0.323. The van der Waals surface area contributed by atoms with Crippen LogP contribution in [0.1, 0.15) is 0 Å². The molecule has 7 heavy (non-hydrogen) atoms. The maximum Gasteiger partial charge on any atom is 1.00 e. The molecule has 0 radical (unpaired) electrons. The molecule has 0 nitrogen and oxygen atoms in total.